The fraction of sp³-hybridized carbons (Fsp3) is 0.364. The number of para-hydroxylation sites is 1. The van der Waals surface area contributed by atoms with Crippen LogP contribution in [0.15, 0.2) is 54.6 Å². The van der Waals surface area contributed by atoms with Crippen molar-refractivity contribution >= 4 is 17.5 Å². The summed E-state index contributed by atoms with van der Waals surface area (Å²) in [4.78, 5) is 29.1. The summed E-state index contributed by atoms with van der Waals surface area (Å²) >= 11 is 0. The molecule has 2 amide bonds. The summed E-state index contributed by atoms with van der Waals surface area (Å²) in [5.74, 6) is 0.322. The molecule has 5 nitrogen and oxygen atoms in total. The van der Waals surface area contributed by atoms with Crippen LogP contribution < -0.4 is 10.6 Å². The van der Waals surface area contributed by atoms with Crippen molar-refractivity contribution < 1.29 is 9.59 Å². The Morgan fingerprint density at radius 3 is 2.30 bits per heavy atom. The number of hydrogen-bond donors (Lipinski definition) is 1. The van der Waals surface area contributed by atoms with Crippen LogP contribution in [-0.2, 0) is 0 Å². The fourth-order valence-corrected chi connectivity index (χ4v) is 3.56. The average molecular weight is 365 g/mol. The van der Waals surface area contributed by atoms with Crippen LogP contribution in [0.5, 0.6) is 0 Å². The predicted molar refractivity (Wildman–Crippen MR) is 108 cm³/mol. The molecule has 1 atom stereocenters. The van der Waals surface area contributed by atoms with Gasteiger partial charge in [-0.2, -0.15) is 0 Å². The lowest BCUT2D eigenvalue weighted by Gasteiger charge is -2.33. The first-order valence-corrected chi connectivity index (χ1v) is 9.45. The van der Waals surface area contributed by atoms with E-state index in [4.69, 9.17) is 5.73 Å². The van der Waals surface area contributed by atoms with Crippen LogP contribution >= 0.6 is 0 Å². The minimum absolute atomic E-state index is 0.0184. The number of nitrogens with zero attached hydrogens (tertiary/aromatic N) is 2. The highest BCUT2D eigenvalue weighted by atomic mass is 16.2. The lowest BCUT2D eigenvalue weighted by molar-refractivity contribution is 0.0681. The second-order valence-electron chi connectivity index (χ2n) is 7.27. The van der Waals surface area contributed by atoms with Gasteiger partial charge in [0.05, 0.1) is 0 Å². The van der Waals surface area contributed by atoms with Gasteiger partial charge in [-0.05, 0) is 56.0 Å². The van der Waals surface area contributed by atoms with Gasteiger partial charge in [0.25, 0.3) is 11.8 Å². The van der Waals surface area contributed by atoms with Crippen molar-refractivity contribution in [3.8, 4) is 0 Å². The summed E-state index contributed by atoms with van der Waals surface area (Å²) in [6.07, 6.45) is 1.86. The van der Waals surface area contributed by atoms with E-state index in [1.54, 1.807) is 36.2 Å². The molecule has 1 saturated heterocycles. The van der Waals surface area contributed by atoms with Gasteiger partial charge >= 0.3 is 0 Å². The standard InChI is InChI=1S/C22H27N3O2/c1-16(23)17-11-13-25(14-12-17)22(27)19-8-6-7-18(15-19)21(26)24(2)20-9-4-3-5-10-20/h3-10,15-17H,11-14,23H2,1-2H3. The second-order valence-corrected chi connectivity index (χ2v) is 7.27. The van der Waals surface area contributed by atoms with Crippen LogP contribution in [0, 0.1) is 5.92 Å². The molecule has 1 heterocycles. The number of nitrogens with two attached hydrogens (primary N) is 1. The summed E-state index contributed by atoms with van der Waals surface area (Å²) in [5, 5.41) is 0. The Morgan fingerprint density at radius 1 is 1.04 bits per heavy atom. The minimum atomic E-state index is -0.133. The van der Waals surface area contributed by atoms with E-state index in [9.17, 15) is 9.59 Å². The summed E-state index contributed by atoms with van der Waals surface area (Å²) in [6, 6.07) is 16.6. The molecule has 1 fully saturated rings. The zero-order chi connectivity index (χ0) is 19.4. The number of carbonyl (C=O) groups is 2. The van der Waals surface area contributed by atoms with Gasteiger partial charge in [-0.1, -0.05) is 24.3 Å². The van der Waals surface area contributed by atoms with Crippen molar-refractivity contribution in [3.05, 3.63) is 65.7 Å². The quantitative estimate of drug-likeness (QED) is 0.905. The highest BCUT2D eigenvalue weighted by Gasteiger charge is 2.26. The van der Waals surface area contributed by atoms with E-state index in [2.05, 4.69) is 0 Å². The van der Waals surface area contributed by atoms with Crippen molar-refractivity contribution in [2.75, 3.05) is 25.0 Å². The van der Waals surface area contributed by atoms with Gasteiger partial charge in [0.2, 0.25) is 0 Å². The summed E-state index contributed by atoms with van der Waals surface area (Å²) in [5.41, 5.74) is 7.87. The zero-order valence-corrected chi connectivity index (χ0v) is 16.0. The number of likely N-dealkylation sites (tertiary alicyclic amines) is 1. The molecule has 5 heteroatoms. The molecule has 2 aromatic rings. The van der Waals surface area contributed by atoms with Gasteiger partial charge in [-0.25, -0.2) is 0 Å². The largest absolute Gasteiger partial charge is 0.339 e. The van der Waals surface area contributed by atoms with E-state index in [0.717, 1.165) is 18.5 Å². The highest BCUT2D eigenvalue weighted by molar-refractivity contribution is 6.07. The van der Waals surface area contributed by atoms with Crippen molar-refractivity contribution in [3.63, 3.8) is 0 Å². The monoisotopic (exact) mass is 365 g/mol. The number of anilines is 1. The third-order valence-corrected chi connectivity index (χ3v) is 5.37. The van der Waals surface area contributed by atoms with E-state index in [1.165, 1.54) is 0 Å². The van der Waals surface area contributed by atoms with E-state index in [-0.39, 0.29) is 17.9 Å². The van der Waals surface area contributed by atoms with E-state index in [0.29, 0.717) is 30.1 Å². The number of hydrogen-bond acceptors (Lipinski definition) is 3. The molecule has 2 N–H and O–H groups in total. The molecule has 0 bridgehead atoms. The van der Waals surface area contributed by atoms with Crippen molar-refractivity contribution in [2.45, 2.75) is 25.8 Å². The Labute approximate surface area is 160 Å². The average Bonchev–Trinajstić information content (AvgIpc) is 2.73. The normalized spacial score (nSPS) is 16.0. The molecule has 0 aromatic heterocycles. The van der Waals surface area contributed by atoms with Gasteiger partial charge in [-0.3, -0.25) is 9.59 Å². The van der Waals surface area contributed by atoms with Crippen LogP contribution in [0.3, 0.4) is 0 Å². The van der Waals surface area contributed by atoms with Gasteiger partial charge in [0, 0.05) is 43.0 Å². The Morgan fingerprint density at radius 2 is 1.67 bits per heavy atom. The van der Waals surface area contributed by atoms with Crippen LogP contribution in [0.4, 0.5) is 5.69 Å². The minimum Gasteiger partial charge on any atom is -0.339 e. The smallest absolute Gasteiger partial charge is 0.258 e. The fourth-order valence-electron chi connectivity index (χ4n) is 3.56. The van der Waals surface area contributed by atoms with Gasteiger partial charge in [0.15, 0.2) is 0 Å². The van der Waals surface area contributed by atoms with E-state index >= 15 is 0 Å². The first-order chi connectivity index (χ1) is 13.0. The molecule has 0 aliphatic carbocycles. The maximum absolute atomic E-state index is 12.9. The Kier molecular flexibility index (Phi) is 5.91. The van der Waals surface area contributed by atoms with Crippen molar-refractivity contribution in [2.24, 2.45) is 11.7 Å². The summed E-state index contributed by atoms with van der Waals surface area (Å²) < 4.78 is 0. The first kappa shape index (κ1) is 19.1. The van der Waals surface area contributed by atoms with Crippen LogP contribution in [0.2, 0.25) is 0 Å². The maximum Gasteiger partial charge on any atom is 0.258 e. The SMILES string of the molecule is CC(N)C1CCN(C(=O)c2cccc(C(=O)N(C)c3ccccc3)c2)CC1. The molecule has 1 aliphatic rings. The molecular formula is C22H27N3O2. The number of benzene rings is 2. The molecule has 0 saturated carbocycles. The first-order valence-electron chi connectivity index (χ1n) is 9.45. The number of amides is 2. The zero-order valence-electron chi connectivity index (χ0n) is 16.0. The molecule has 1 aliphatic heterocycles. The molecule has 142 valence electrons. The van der Waals surface area contributed by atoms with Crippen LogP contribution in [0.25, 0.3) is 0 Å². The Bertz CT molecular complexity index is 796. The van der Waals surface area contributed by atoms with Gasteiger partial charge in [-0.15, -0.1) is 0 Å². The summed E-state index contributed by atoms with van der Waals surface area (Å²) in [7, 11) is 1.74. The third kappa shape index (κ3) is 4.37. The van der Waals surface area contributed by atoms with E-state index < -0.39 is 0 Å². The summed E-state index contributed by atoms with van der Waals surface area (Å²) in [6.45, 7) is 3.46. The molecule has 2 aromatic carbocycles. The highest BCUT2D eigenvalue weighted by Crippen LogP contribution is 2.22. The van der Waals surface area contributed by atoms with Gasteiger partial charge in [0.1, 0.15) is 0 Å². The molecule has 0 spiro atoms. The number of piperidine rings is 1. The van der Waals surface area contributed by atoms with Crippen LogP contribution in [-0.4, -0.2) is 42.9 Å². The topological polar surface area (TPSA) is 66.6 Å². The van der Waals surface area contributed by atoms with Crippen molar-refractivity contribution in [1.29, 1.82) is 0 Å². The Hall–Kier alpha value is -2.66. The van der Waals surface area contributed by atoms with Crippen LogP contribution in [0.1, 0.15) is 40.5 Å². The molecule has 1 unspecified atom stereocenters. The molecule has 27 heavy (non-hydrogen) atoms. The third-order valence-electron chi connectivity index (χ3n) is 5.37. The Balaban J connectivity index is 1.72. The lowest BCUT2D eigenvalue weighted by Crippen LogP contribution is -2.42. The molecular weight excluding hydrogens is 338 g/mol. The number of carbonyl (C=O) groups excluding carboxylic acids is 2. The number of rotatable bonds is 4. The second kappa shape index (κ2) is 8.35. The van der Waals surface area contributed by atoms with Crippen molar-refractivity contribution in [1.82, 2.24) is 4.90 Å². The maximum atomic E-state index is 12.9. The predicted octanol–water partition coefficient (Wildman–Crippen LogP) is 3.16. The lowest BCUT2D eigenvalue weighted by atomic mass is 9.90. The molecule has 3 rings (SSSR count). The molecule has 0 radical (unpaired) electrons. The van der Waals surface area contributed by atoms with E-state index in [1.807, 2.05) is 42.2 Å². The van der Waals surface area contributed by atoms with Gasteiger partial charge < -0.3 is 15.5 Å².